The van der Waals surface area contributed by atoms with Gasteiger partial charge in [0.25, 0.3) is 11.8 Å². The minimum Gasteiger partial charge on any atom is -0.354 e. The third kappa shape index (κ3) is 4.57. The maximum Gasteiger partial charge on any atom is 0.255 e. The first-order valence-electron chi connectivity index (χ1n) is 9.65. The van der Waals surface area contributed by atoms with Gasteiger partial charge in [-0.25, -0.2) is 0 Å². The van der Waals surface area contributed by atoms with Gasteiger partial charge in [-0.2, -0.15) is 0 Å². The number of nitrogens with one attached hydrogen (secondary N) is 2. The molecule has 2 aromatic carbocycles. The summed E-state index contributed by atoms with van der Waals surface area (Å²) in [4.78, 5) is 39.3. The highest BCUT2D eigenvalue weighted by atomic mass is 16.2. The second-order valence-corrected chi connectivity index (χ2v) is 6.85. The number of anilines is 1. The van der Waals surface area contributed by atoms with Crippen molar-refractivity contribution in [2.75, 3.05) is 18.4 Å². The molecule has 2 N–H and O–H groups in total. The Kier molecular flexibility index (Phi) is 6.42. The number of likely N-dealkylation sites (tertiary alicyclic amines) is 1. The molecular formula is C22H25N3O3. The molecule has 0 radical (unpaired) electrons. The lowest BCUT2D eigenvalue weighted by atomic mass is 10.1. The van der Waals surface area contributed by atoms with Crippen molar-refractivity contribution < 1.29 is 14.4 Å². The number of nitrogens with zero attached hydrogens (tertiary/aromatic N) is 1. The highest BCUT2D eigenvalue weighted by Gasteiger charge is 2.34. The molecule has 1 aliphatic heterocycles. The molecule has 1 atom stereocenters. The van der Waals surface area contributed by atoms with Crippen molar-refractivity contribution in [2.24, 2.45) is 0 Å². The maximum absolute atomic E-state index is 13.0. The van der Waals surface area contributed by atoms with Gasteiger partial charge in [-0.05, 0) is 49.6 Å². The summed E-state index contributed by atoms with van der Waals surface area (Å²) in [7, 11) is 0. The Hall–Kier alpha value is -3.15. The van der Waals surface area contributed by atoms with E-state index in [-0.39, 0.29) is 17.7 Å². The van der Waals surface area contributed by atoms with E-state index in [4.69, 9.17) is 0 Å². The average molecular weight is 379 g/mol. The zero-order valence-electron chi connectivity index (χ0n) is 16.0. The van der Waals surface area contributed by atoms with Crippen LogP contribution in [0.1, 0.15) is 46.9 Å². The van der Waals surface area contributed by atoms with Crippen molar-refractivity contribution in [1.82, 2.24) is 10.2 Å². The molecule has 1 unspecified atom stereocenters. The van der Waals surface area contributed by atoms with Crippen LogP contribution in [-0.4, -0.2) is 41.8 Å². The van der Waals surface area contributed by atoms with Gasteiger partial charge >= 0.3 is 0 Å². The molecule has 28 heavy (non-hydrogen) atoms. The Labute approximate surface area is 164 Å². The van der Waals surface area contributed by atoms with Crippen molar-refractivity contribution in [3.05, 3.63) is 65.7 Å². The smallest absolute Gasteiger partial charge is 0.255 e. The Morgan fingerprint density at radius 1 is 1.04 bits per heavy atom. The van der Waals surface area contributed by atoms with Crippen molar-refractivity contribution in [1.29, 1.82) is 0 Å². The van der Waals surface area contributed by atoms with E-state index in [0.29, 0.717) is 36.3 Å². The Morgan fingerprint density at radius 3 is 2.54 bits per heavy atom. The van der Waals surface area contributed by atoms with Gasteiger partial charge in [0, 0.05) is 29.9 Å². The number of carbonyl (C=O) groups excluding carboxylic acids is 3. The van der Waals surface area contributed by atoms with Crippen molar-refractivity contribution in [2.45, 2.75) is 32.2 Å². The topological polar surface area (TPSA) is 78.5 Å². The molecule has 0 spiro atoms. The van der Waals surface area contributed by atoms with Crippen molar-refractivity contribution in [3.63, 3.8) is 0 Å². The summed E-state index contributed by atoms with van der Waals surface area (Å²) >= 11 is 0. The van der Waals surface area contributed by atoms with Gasteiger partial charge in [0.15, 0.2) is 0 Å². The highest BCUT2D eigenvalue weighted by molar-refractivity contribution is 6.05. The van der Waals surface area contributed by atoms with Gasteiger partial charge in [-0.3, -0.25) is 14.4 Å². The first-order chi connectivity index (χ1) is 13.6. The van der Waals surface area contributed by atoms with Crippen molar-refractivity contribution >= 4 is 23.4 Å². The van der Waals surface area contributed by atoms with Gasteiger partial charge in [0.05, 0.1) is 0 Å². The summed E-state index contributed by atoms with van der Waals surface area (Å²) in [6, 6.07) is 15.3. The predicted octanol–water partition coefficient (Wildman–Crippen LogP) is 3.07. The number of amides is 3. The lowest BCUT2D eigenvalue weighted by molar-refractivity contribution is -0.124. The molecule has 1 aliphatic rings. The number of benzene rings is 2. The Morgan fingerprint density at radius 2 is 1.79 bits per heavy atom. The summed E-state index contributed by atoms with van der Waals surface area (Å²) < 4.78 is 0. The summed E-state index contributed by atoms with van der Waals surface area (Å²) in [5.41, 5.74) is 1.55. The monoisotopic (exact) mass is 379 g/mol. The van der Waals surface area contributed by atoms with Crippen LogP contribution in [0.4, 0.5) is 5.69 Å². The fourth-order valence-electron chi connectivity index (χ4n) is 3.34. The largest absolute Gasteiger partial charge is 0.354 e. The van der Waals surface area contributed by atoms with Crippen LogP contribution >= 0.6 is 0 Å². The van der Waals surface area contributed by atoms with E-state index in [0.717, 1.165) is 12.8 Å². The molecule has 0 saturated carbocycles. The Balaban J connectivity index is 1.71. The molecule has 1 fully saturated rings. The average Bonchev–Trinajstić information content (AvgIpc) is 3.22. The molecule has 146 valence electrons. The fourth-order valence-corrected chi connectivity index (χ4v) is 3.34. The lowest BCUT2D eigenvalue weighted by Crippen LogP contribution is -2.46. The molecule has 6 nitrogen and oxygen atoms in total. The minimum atomic E-state index is -0.429. The van der Waals surface area contributed by atoms with Crippen LogP contribution in [0, 0.1) is 0 Å². The van der Waals surface area contributed by atoms with Crippen LogP contribution in [0.5, 0.6) is 0 Å². The van der Waals surface area contributed by atoms with Gasteiger partial charge in [-0.15, -0.1) is 0 Å². The molecule has 2 aromatic rings. The first kappa shape index (κ1) is 19.6. The van der Waals surface area contributed by atoms with Gasteiger partial charge in [0.2, 0.25) is 5.91 Å². The SMILES string of the molecule is CCCNC(=O)C1CCCN1C(=O)c1cccc(NC(=O)c2ccccc2)c1. The summed E-state index contributed by atoms with van der Waals surface area (Å²) in [5, 5.41) is 5.69. The first-order valence-corrected chi connectivity index (χ1v) is 9.65. The van der Waals surface area contributed by atoms with E-state index >= 15 is 0 Å². The fraction of sp³-hybridized carbons (Fsp3) is 0.318. The van der Waals surface area contributed by atoms with Gasteiger partial charge in [-0.1, -0.05) is 31.2 Å². The van der Waals surface area contributed by atoms with Gasteiger partial charge < -0.3 is 15.5 Å². The zero-order chi connectivity index (χ0) is 19.9. The molecule has 1 heterocycles. The number of carbonyl (C=O) groups is 3. The molecule has 3 amide bonds. The lowest BCUT2D eigenvalue weighted by Gasteiger charge is -2.24. The molecule has 6 heteroatoms. The maximum atomic E-state index is 13.0. The van der Waals surface area contributed by atoms with Gasteiger partial charge in [0.1, 0.15) is 6.04 Å². The molecule has 0 aliphatic carbocycles. The third-order valence-corrected chi connectivity index (χ3v) is 4.77. The number of rotatable bonds is 6. The quantitative estimate of drug-likeness (QED) is 0.810. The van der Waals surface area contributed by atoms with E-state index in [1.807, 2.05) is 13.0 Å². The van der Waals surface area contributed by atoms with Crippen molar-refractivity contribution in [3.8, 4) is 0 Å². The standard InChI is InChI=1S/C22H25N3O3/c1-2-13-23-21(27)19-12-7-14-25(19)22(28)17-10-6-11-18(15-17)24-20(26)16-8-4-3-5-9-16/h3-6,8-11,15,19H,2,7,12-14H2,1H3,(H,23,27)(H,24,26). The summed E-state index contributed by atoms with van der Waals surface area (Å²) in [6.45, 7) is 3.16. The minimum absolute atomic E-state index is 0.0961. The summed E-state index contributed by atoms with van der Waals surface area (Å²) in [5.74, 6) is -0.519. The normalized spacial score (nSPS) is 15.9. The summed E-state index contributed by atoms with van der Waals surface area (Å²) in [6.07, 6.45) is 2.33. The van der Waals surface area contributed by atoms with E-state index in [1.165, 1.54) is 0 Å². The third-order valence-electron chi connectivity index (χ3n) is 4.77. The second-order valence-electron chi connectivity index (χ2n) is 6.85. The molecule has 1 saturated heterocycles. The van der Waals surface area contributed by atoms with Crippen LogP contribution in [0.15, 0.2) is 54.6 Å². The molecule has 0 bridgehead atoms. The zero-order valence-corrected chi connectivity index (χ0v) is 16.0. The van der Waals surface area contributed by atoms with Crippen LogP contribution in [0.2, 0.25) is 0 Å². The van der Waals surface area contributed by atoms with E-state index in [2.05, 4.69) is 10.6 Å². The molecule has 0 aromatic heterocycles. The second kappa shape index (κ2) is 9.17. The van der Waals surface area contributed by atoms with E-state index < -0.39 is 6.04 Å². The van der Waals surface area contributed by atoms with Crippen LogP contribution in [0.25, 0.3) is 0 Å². The Bertz CT molecular complexity index is 851. The number of hydrogen-bond acceptors (Lipinski definition) is 3. The van der Waals surface area contributed by atoms with E-state index in [1.54, 1.807) is 53.4 Å². The van der Waals surface area contributed by atoms with Crippen LogP contribution in [0.3, 0.4) is 0 Å². The molecule has 3 rings (SSSR count). The molecular weight excluding hydrogens is 354 g/mol. The van der Waals surface area contributed by atoms with Crippen LogP contribution < -0.4 is 10.6 Å². The number of hydrogen-bond donors (Lipinski definition) is 2. The van der Waals surface area contributed by atoms with E-state index in [9.17, 15) is 14.4 Å². The predicted molar refractivity (Wildman–Crippen MR) is 108 cm³/mol. The van der Waals surface area contributed by atoms with Crippen LogP contribution in [-0.2, 0) is 4.79 Å². The highest BCUT2D eigenvalue weighted by Crippen LogP contribution is 2.22.